The number of nitrogens with one attached hydrogen (secondary N) is 1. The first-order valence-electron chi connectivity index (χ1n) is 6.07. The summed E-state index contributed by atoms with van der Waals surface area (Å²) in [6, 6.07) is 4.22. The molecule has 1 aromatic rings. The van der Waals surface area contributed by atoms with Crippen LogP contribution in [0.3, 0.4) is 0 Å². The van der Waals surface area contributed by atoms with E-state index >= 15 is 0 Å². The van der Waals surface area contributed by atoms with E-state index in [1.165, 1.54) is 30.8 Å². The molecule has 1 fully saturated rings. The maximum Gasteiger partial charge on any atom is 0.0417 e. The topological polar surface area (TPSA) is 28.2 Å². The van der Waals surface area contributed by atoms with Crippen molar-refractivity contribution in [3.8, 4) is 0 Å². The molecule has 2 rings (SSSR count). The molecule has 0 radical (unpaired) electrons. The number of hydrogen-bond acceptors (Lipinski definition) is 3. The Morgan fingerprint density at radius 3 is 3.19 bits per heavy atom. The number of aryl methyl sites for hydroxylation is 1. The van der Waals surface area contributed by atoms with Crippen molar-refractivity contribution in [2.75, 3.05) is 26.7 Å². The van der Waals surface area contributed by atoms with Crippen LogP contribution in [0, 0.1) is 12.8 Å². The molecule has 3 nitrogen and oxygen atoms in total. The molecular formula is C13H21N3. The normalized spacial score (nSPS) is 21.5. The smallest absolute Gasteiger partial charge is 0.0417 e. The standard InChI is InChI=1S/C13H21N3/c1-11-13(4-3-6-15-11)10-16-7-5-12(9-16)8-14-2/h3-4,6,12,14H,5,7-10H2,1-2H3. The first-order chi connectivity index (χ1) is 7.79. The first kappa shape index (κ1) is 11.6. The highest BCUT2D eigenvalue weighted by Crippen LogP contribution is 2.18. The van der Waals surface area contributed by atoms with Gasteiger partial charge in [-0.25, -0.2) is 0 Å². The Hall–Kier alpha value is -0.930. The molecule has 0 aromatic carbocycles. The van der Waals surface area contributed by atoms with Gasteiger partial charge in [0.1, 0.15) is 0 Å². The van der Waals surface area contributed by atoms with Crippen LogP contribution in [-0.4, -0.2) is 36.6 Å². The quantitative estimate of drug-likeness (QED) is 0.830. The molecule has 1 aromatic heterocycles. The fraction of sp³-hybridized carbons (Fsp3) is 0.615. The van der Waals surface area contributed by atoms with Crippen LogP contribution in [-0.2, 0) is 6.54 Å². The SMILES string of the molecule is CNCC1CCN(Cc2cccnc2C)C1. The van der Waals surface area contributed by atoms with Crippen LogP contribution in [0.2, 0.25) is 0 Å². The lowest BCUT2D eigenvalue weighted by Gasteiger charge is -2.16. The summed E-state index contributed by atoms with van der Waals surface area (Å²) in [6.45, 7) is 6.73. The molecule has 16 heavy (non-hydrogen) atoms. The molecule has 1 aliphatic rings. The van der Waals surface area contributed by atoms with Crippen LogP contribution in [0.25, 0.3) is 0 Å². The van der Waals surface area contributed by atoms with Crippen molar-refractivity contribution in [2.45, 2.75) is 19.9 Å². The molecule has 1 aliphatic heterocycles. The van der Waals surface area contributed by atoms with E-state index in [0.717, 1.165) is 19.0 Å². The summed E-state index contributed by atoms with van der Waals surface area (Å²) in [5.74, 6) is 0.821. The molecule has 88 valence electrons. The molecule has 0 saturated carbocycles. The third-order valence-corrected chi connectivity index (χ3v) is 3.37. The lowest BCUT2D eigenvalue weighted by atomic mass is 10.1. The van der Waals surface area contributed by atoms with Gasteiger partial charge in [0.25, 0.3) is 0 Å². The zero-order valence-corrected chi connectivity index (χ0v) is 10.2. The van der Waals surface area contributed by atoms with E-state index in [-0.39, 0.29) is 0 Å². The van der Waals surface area contributed by atoms with Gasteiger partial charge in [-0.05, 0) is 51.0 Å². The molecule has 2 heterocycles. The number of aromatic nitrogens is 1. The largest absolute Gasteiger partial charge is 0.319 e. The van der Waals surface area contributed by atoms with E-state index in [0.29, 0.717) is 0 Å². The zero-order valence-electron chi connectivity index (χ0n) is 10.2. The molecule has 1 saturated heterocycles. The second-order valence-corrected chi connectivity index (χ2v) is 4.70. The van der Waals surface area contributed by atoms with Crippen molar-refractivity contribution in [3.05, 3.63) is 29.6 Å². The molecule has 1 atom stereocenters. The van der Waals surface area contributed by atoms with Gasteiger partial charge in [0.15, 0.2) is 0 Å². The van der Waals surface area contributed by atoms with Crippen molar-refractivity contribution in [1.82, 2.24) is 15.2 Å². The third-order valence-electron chi connectivity index (χ3n) is 3.37. The Labute approximate surface area is 97.9 Å². The Kier molecular flexibility index (Phi) is 3.91. The predicted molar refractivity (Wildman–Crippen MR) is 66.3 cm³/mol. The average Bonchev–Trinajstić information content (AvgIpc) is 2.70. The maximum atomic E-state index is 4.34. The van der Waals surface area contributed by atoms with Gasteiger partial charge < -0.3 is 5.32 Å². The highest BCUT2D eigenvalue weighted by molar-refractivity contribution is 5.18. The van der Waals surface area contributed by atoms with Crippen LogP contribution in [0.1, 0.15) is 17.7 Å². The monoisotopic (exact) mass is 219 g/mol. The molecule has 0 bridgehead atoms. The van der Waals surface area contributed by atoms with Gasteiger partial charge >= 0.3 is 0 Å². The van der Waals surface area contributed by atoms with E-state index in [1.807, 2.05) is 19.3 Å². The predicted octanol–water partition coefficient (Wildman–Crippen LogP) is 1.43. The van der Waals surface area contributed by atoms with Gasteiger partial charge in [-0.2, -0.15) is 0 Å². The van der Waals surface area contributed by atoms with E-state index in [2.05, 4.69) is 28.2 Å². The molecule has 0 amide bonds. The van der Waals surface area contributed by atoms with Gasteiger partial charge in [-0.15, -0.1) is 0 Å². The average molecular weight is 219 g/mol. The summed E-state index contributed by atoms with van der Waals surface area (Å²) in [5.41, 5.74) is 2.53. The first-order valence-corrected chi connectivity index (χ1v) is 6.07. The van der Waals surface area contributed by atoms with Gasteiger partial charge in [0.2, 0.25) is 0 Å². The van der Waals surface area contributed by atoms with Gasteiger partial charge in [0, 0.05) is 25.0 Å². The number of rotatable bonds is 4. The second-order valence-electron chi connectivity index (χ2n) is 4.70. The van der Waals surface area contributed by atoms with Crippen molar-refractivity contribution >= 4 is 0 Å². The van der Waals surface area contributed by atoms with Crippen LogP contribution in [0.15, 0.2) is 18.3 Å². The third kappa shape index (κ3) is 2.80. The molecule has 0 spiro atoms. The van der Waals surface area contributed by atoms with Crippen molar-refractivity contribution in [1.29, 1.82) is 0 Å². The number of nitrogens with zero attached hydrogens (tertiary/aromatic N) is 2. The number of hydrogen-bond donors (Lipinski definition) is 1. The van der Waals surface area contributed by atoms with E-state index in [4.69, 9.17) is 0 Å². The van der Waals surface area contributed by atoms with Crippen LogP contribution in [0.5, 0.6) is 0 Å². The molecular weight excluding hydrogens is 198 g/mol. The van der Waals surface area contributed by atoms with Crippen molar-refractivity contribution < 1.29 is 0 Å². The summed E-state index contributed by atoms with van der Waals surface area (Å²) in [4.78, 5) is 6.87. The second kappa shape index (κ2) is 5.41. The lowest BCUT2D eigenvalue weighted by Crippen LogP contribution is -2.24. The fourth-order valence-electron chi connectivity index (χ4n) is 2.44. The van der Waals surface area contributed by atoms with Crippen LogP contribution in [0.4, 0.5) is 0 Å². The van der Waals surface area contributed by atoms with Gasteiger partial charge in [-0.1, -0.05) is 6.07 Å². The highest BCUT2D eigenvalue weighted by Gasteiger charge is 2.21. The molecule has 3 heteroatoms. The van der Waals surface area contributed by atoms with E-state index in [9.17, 15) is 0 Å². The highest BCUT2D eigenvalue weighted by atomic mass is 15.1. The summed E-state index contributed by atoms with van der Waals surface area (Å²) >= 11 is 0. The van der Waals surface area contributed by atoms with Crippen LogP contribution >= 0.6 is 0 Å². The Morgan fingerprint density at radius 2 is 2.44 bits per heavy atom. The minimum atomic E-state index is 0.821. The van der Waals surface area contributed by atoms with Gasteiger partial charge in [-0.3, -0.25) is 9.88 Å². The minimum Gasteiger partial charge on any atom is -0.319 e. The molecule has 1 N–H and O–H groups in total. The minimum absolute atomic E-state index is 0.821. The maximum absolute atomic E-state index is 4.34. The summed E-state index contributed by atoms with van der Waals surface area (Å²) < 4.78 is 0. The van der Waals surface area contributed by atoms with Crippen molar-refractivity contribution in [2.24, 2.45) is 5.92 Å². The van der Waals surface area contributed by atoms with Crippen molar-refractivity contribution in [3.63, 3.8) is 0 Å². The number of pyridine rings is 1. The van der Waals surface area contributed by atoms with Gasteiger partial charge in [0.05, 0.1) is 0 Å². The molecule has 1 unspecified atom stereocenters. The Balaban J connectivity index is 1.90. The van der Waals surface area contributed by atoms with E-state index < -0.39 is 0 Å². The number of likely N-dealkylation sites (tertiary alicyclic amines) is 1. The zero-order chi connectivity index (χ0) is 11.4. The van der Waals surface area contributed by atoms with Crippen LogP contribution < -0.4 is 5.32 Å². The fourth-order valence-corrected chi connectivity index (χ4v) is 2.44. The lowest BCUT2D eigenvalue weighted by molar-refractivity contribution is 0.314. The Bertz CT molecular complexity index is 338. The van der Waals surface area contributed by atoms with E-state index in [1.54, 1.807) is 0 Å². The Morgan fingerprint density at radius 1 is 1.56 bits per heavy atom. The molecule has 0 aliphatic carbocycles. The summed E-state index contributed by atoms with van der Waals surface area (Å²) in [6.07, 6.45) is 3.19. The summed E-state index contributed by atoms with van der Waals surface area (Å²) in [5, 5.41) is 3.27. The summed E-state index contributed by atoms with van der Waals surface area (Å²) in [7, 11) is 2.04.